The summed E-state index contributed by atoms with van der Waals surface area (Å²) >= 11 is 1.40. The average molecular weight is 234 g/mol. The number of aromatic nitrogens is 1. The van der Waals surface area contributed by atoms with Crippen molar-refractivity contribution < 1.29 is 8.42 Å². The highest BCUT2D eigenvalue weighted by Crippen LogP contribution is 2.22. The van der Waals surface area contributed by atoms with Gasteiger partial charge in [0.25, 0.3) is 0 Å². The third kappa shape index (κ3) is 3.04. The molecule has 2 N–H and O–H groups in total. The van der Waals surface area contributed by atoms with Crippen LogP contribution in [0.5, 0.6) is 0 Å². The largest absolute Gasteiger partial charge is 0.323 e. The summed E-state index contributed by atoms with van der Waals surface area (Å²) in [5.74, 6) is 0.00519. The zero-order valence-electron chi connectivity index (χ0n) is 8.44. The first kappa shape index (κ1) is 11.6. The standard InChI is InChI=1S/C8H14N2O2S2/c1-5(9)8-6(2)13-7(10-8)4-14(3,11)12/h5H,4,9H2,1-3H3. The Morgan fingerprint density at radius 1 is 1.57 bits per heavy atom. The number of sulfone groups is 1. The van der Waals surface area contributed by atoms with Gasteiger partial charge in [0.2, 0.25) is 0 Å². The van der Waals surface area contributed by atoms with E-state index < -0.39 is 9.84 Å². The summed E-state index contributed by atoms with van der Waals surface area (Å²) < 4.78 is 22.1. The highest BCUT2D eigenvalue weighted by atomic mass is 32.2. The zero-order valence-corrected chi connectivity index (χ0v) is 10.1. The maximum atomic E-state index is 11.0. The monoisotopic (exact) mass is 234 g/mol. The van der Waals surface area contributed by atoms with Crippen LogP contribution in [0.4, 0.5) is 0 Å². The second kappa shape index (κ2) is 3.96. The molecule has 0 saturated carbocycles. The molecule has 1 atom stereocenters. The van der Waals surface area contributed by atoms with Crippen LogP contribution in [-0.2, 0) is 15.6 Å². The van der Waals surface area contributed by atoms with Crippen molar-refractivity contribution in [3.63, 3.8) is 0 Å². The van der Waals surface area contributed by atoms with Crippen LogP contribution < -0.4 is 5.73 Å². The maximum Gasteiger partial charge on any atom is 0.153 e. The number of rotatable bonds is 3. The molecule has 1 aromatic heterocycles. The molecule has 0 amide bonds. The lowest BCUT2D eigenvalue weighted by Gasteiger charge is -2.00. The van der Waals surface area contributed by atoms with Crippen LogP contribution in [0.15, 0.2) is 0 Å². The van der Waals surface area contributed by atoms with Gasteiger partial charge in [0.15, 0.2) is 9.84 Å². The van der Waals surface area contributed by atoms with Gasteiger partial charge in [-0.2, -0.15) is 0 Å². The number of nitrogens with two attached hydrogens (primary N) is 1. The Balaban J connectivity index is 2.98. The lowest BCUT2D eigenvalue weighted by atomic mass is 10.2. The quantitative estimate of drug-likeness (QED) is 0.847. The van der Waals surface area contributed by atoms with Gasteiger partial charge in [0.05, 0.1) is 5.69 Å². The Bertz CT molecular complexity index is 421. The van der Waals surface area contributed by atoms with Gasteiger partial charge < -0.3 is 5.73 Å². The fraction of sp³-hybridized carbons (Fsp3) is 0.625. The van der Waals surface area contributed by atoms with E-state index in [4.69, 9.17) is 5.73 Å². The fourth-order valence-electron chi connectivity index (χ4n) is 1.17. The van der Waals surface area contributed by atoms with Crippen LogP contribution >= 0.6 is 11.3 Å². The lowest BCUT2D eigenvalue weighted by molar-refractivity contribution is 0.601. The number of hydrogen-bond donors (Lipinski definition) is 1. The second-order valence-electron chi connectivity index (χ2n) is 3.41. The summed E-state index contributed by atoms with van der Waals surface area (Å²) in [6.45, 7) is 3.74. The summed E-state index contributed by atoms with van der Waals surface area (Å²) in [5.41, 5.74) is 6.49. The van der Waals surface area contributed by atoms with Gasteiger partial charge in [-0.3, -0.25) is 0 Å². The van der Waals surface area contributed by atoms with Gasteiger partial charge in [0.1, 0.15) is 10.8 Å². The average Bonchev–Trinajstić information content (AvgIpc) is 2.26. The Morgan fingerprint density at radius 2 is 2.14 bits per heavy atom. The van der Waals surface area contributed by atoms with E-state index in [9.17, 15) is 8.42 Å². The molecule has 0 radical (unpaired) electrons. The van der Waals surface area contributed by atoms with Crippen LogP contribution in [0.25, 0.3) is 0 Å². The van der Waals surface area contributed by atoms with Crippen LogP contribution in [0, 0.1) is 6.92 Å². The van der Waals surface area contributed by atoms with Gasteiger partial charge in [-0.1, -0.05) is 0 Å². The van der Waals surface area contributed by atoms with Crippen molar-refractivity contribution in [1.82, 2.24) is 4.98 Å². The lowest BCUT2D eigenvalue weighted by Crippen LogP contribution is -2.07. The molecule has 6 heteroatoms. The molecular formula is C8H14N2O2S2. The van der Waals surface area contributed by atoms with Crippen LogP contribution in [0.2, 0.25) is 0 Å². The first-order chi connectivity index (χ1) is 6.29. The molecule has 0 bridgehead atoms. The molecule has 1 rings (SSSR count). The predicted molar refractivity (Wildman–Crippen MR) is 58.0 cm³/mol. The van der Waals surface area contributed by atoms with Crippen molar-refractivity contribution >= 4 is 21.2 Å². The Morgan fingerprint density at radius 3 is 2.50 bits per heavy atom. The summed E-state index contributed by atoms with van der Waals surface area (Å²) in [6, 6.07) is -0.139. The van der Waals surface area contributed by atoms with Crippen molar-refractivity contribution in [1.29, 1.82) is 0 Å². The molecule has 0 saturated heterocycles. The number of aryl methyl sites for hydroxylation is 1. The van der Waals surface area contributed by atoms with E-state index in [2.05, 4.69) is 4.98 Å². The molecule has 80 valence electrons. The summed E-state index contributed by atoms with van der Waals surface area (Å²) in [6.07, 6.45) is 1.20. The van der Waals surface area contributed by atoms with Crippen molar-refractivity contribution in [3.8, 4) is 0 Å². The number of nitrogens with zero attached hydrogens (tertiary/aromatic N) is 1. The first-order valence-corrected chi connectivity index (χ1v) is 7.07. The molecular weight excluding hydrogens is 220 g/mol. The van der Waals surface area contributed by atoms with E-state index >= 15 is 0 Å². The van der Waals surface area contributed by atoms with Crippen LogP contribution in [0.3, 0.4) is 0 Å². The molecule has 0 aliphatic carbocycles. The van der Waals surface area contributed by atoms with Crippen molar-refractivity contribution in [2.75, 3.05) is 6.26 Å². The highest BCUT2D eigenvalue weighted by Gasteiger charge is 2.14. The molecule has 14 heavy (non-hydrogen) atoms. The van der Waals surface area contributed by atoms with Gasteiger partial charge in [0, 0.05) is 17.2 Å². The molecule has 0 spiro atoms. The molecule has 4 nitrogen and oxygen atoms in total. The minimum atomic E-state index is -3.00. The molecule has 1 aromatic rings. The number of thiazole rings is 1. The summed E-state index contributed by atoms with van der Waals surface area (Å²) in [5, 5.41) is 0.623. The topological polar surface area (TPSA) is 73.0 Å². The second-order valence-corrected chi connectivity index (χ2v) is 6.84. The van der Waals surface area contributed by atoms with Crippen LogP contribution in [-0.4, -0.2) is 19.7 Å². The van der Waals surface area contributed by atoms with Gasteiger partial charge >= 0.3 is 0 Å². The normalized spacial score (nSPS) is 14.3. The van der Waals surface area contributed by atoms with Crippen molar-refractivity contribution in [3.05, 3.63) is 15.6 Å². The van der Waals surface area contributed by atoms with E-state index in [-0.39, 0.29) is 11.8 Å². The first-order valence-electron chi connectivity index (χ1n) is 4.19. The fourth-order valence-corrected chi connectivity index (χ4v) is 3.40. The number of hydrogen-bond acceptors (Lipinski definition) is 5. The van der Waals surface area contributed by atoms with Gasteiger partial charge in [-0.25, -0.2) is 13.4 Å². The minimum absolute atomic E-state index is 0.00519. The van der Waals surface area contributed by atoms with Crippen molar-refractivity contribution in [2.45, 2.75) is 25.6 Å². The Kier molecular flexibility index (Phi) is 3.28. The summed E-state index contributed by atoms with van der Waals surface area (Å²) in [7, 11) is -3.00. The van der Waals surface area contributed by atoms with Crippen molar-refractivity contribution in [2.24, 2.45) is 5.73 Å². The molecule has 1 unspecified atom stereocenters. The van der Waals surface area contributed by atoms with E-state index in [0.717, 1.165) is 10.6 Å². The Hall–Kier alpha value is -0.460. The van der Waals surface area contributed by atoms with E-state index in [1.165, 1.54) is 17.6 Å². The zero-order chi connectivity index (χ0) is 10.9. The molecule has 0 aliphatic heterocycles. The molecule has 1 heterocycles. The minimum Gasteiger partial charge on any atom is -0.323 e. The van der Waals surface area contributed by atoms with E-state index in [1.54, 1.807) is 0 Å². The smallest absolute Gasteiger partial charge is 0.153 e. The SMILES string of the molecule is Cc1sc(CS(C)(=O)=O)nc1C(C)N. The maximum absolute atomic E-state index is 11.0. The highest BCUT2D eigenvalue weighted by molar-refractivity contribution is 7.90. The van der Waals surface area contributed by atoms with Crippen LogP contribution in [0.1, 0.15) is 28.5 Å². The van der Waals surface area contributed by atoms with E-state index in [0.29, 0.717) is 5.01 Å². The third-order valence-corrected chi connectivity index (χ3v) is 3.66. The molecule has 0 fully saturated rings. The van der Waals surface area contributed by atoms with E-state index in [1.807, 2.05) is 13.8 Å². The van der Waals surface area contributed by atoms with Gasteiger partial charge in [-0.05, 0) is 13.8 Å². The Labute approximate surface area is 88.1 Å². The molecule has 0 aromatic carbocycles. The van der Waals surface area contributed by atoms with Gasteiger partial charge in [-0.15, -0.1) is 11.3 Å². The third-order valence-electron chi connectivity index (χ3n) is 1.69. The predicted octanol–water partition coefficient (Wildman–Crippen LogP) is 1.02. The summed E-state index contributed by atoms with van der Waals surface area (Å²) in [4.78, 5) is 5.21. The molecule has 0 aliphatic rings.